The molecule has 0 radical (unpaired) electrons. The molecule has 0 unspecified atom stereocenters. The molecule has 3 aromatic rings. The largest absolute Gasteiger partial charge is 0.326 e. The summed E-state index contributed by atoms with van der Waals surface area (Å²) in [5.74, 6) is -6.38. The average Bonchev–Trinajstić information content (AvgIpc) is 3.47. The van der Waals surface area contributed by atoms with Crippen LogP contribution in [0, 0.1) is 17.6 Å². The number of benzene rings is 3. The normalized spacial score (nSPS) is 17.4. The van der Waals surface area contributed by atoms with Crippen molar-refractivity contribution in [3.8, 4) is 0 Å². The summed E-state index contributed by atoms with van der Waals surface area (Å²) in [6, 6.07) is 10.5. The molecule has 1 aliphatic carbocycles. The van der Waals surface area contributed by atoms with E-state index in [2.05, 4.69) is 10.6 Å². The Bertz CT molecular complexity index is 1540. The van der Waals surface area contributed by atoms with E-state index in [1.54, 1.807) is 18.2 Å². The summed E-state index contributed by atoms with van der Waals surface area (Å²) in [6.45, 7) is 0. The van der Waals surface area contributed by atoms with E-state index in [0.717, 1.165) is 12.1 Å². The summed E-state index contributed by atoms with van der Waals surface area (Å²) >= 11 is 41.8. The van der Waals surface area contributed by atoms with E-state index >= 15 is 0 Å². The summed E-state index contributed by atoms with van der Waals surface area (Å²) in [6.07, 6.45) is 0. The minimum absolute atomic E-state index is 0.0391. The van der Waals surface area contributed by atoms with Crippen molar-refractivity contribution in [2.75, 3.05) is 16.0 Å². The van der Waals surface area contributed by atoms with E-state index in [0.29, 0.717) is 10.6 Å². The van der Waals surface area contributed by atoms with E-state index in [1.165, 1.54) is 18.2 Å². The lowest BCUT2D eigenvalue weighted by molar-refractivity contribution is -0.117. The molecule has 0 heterocycles. The second-order valence-corrected chi connectivity index (χ2v) is 12.3. The zero-order valence-corrected chi connectivity index (χ0v) is 24.8. The minimum atomic E-state index is -1.59. The third kappa shape index (κ3) is 6.39. The van der Waals surface area contributed by atoms with Crippen LogP contribution in [0.5, 0.6) is 0 Å². The molecule has 2 atom stereocenters. The molecule has 210 valence electrons. The number of hydrogen-bond acceptors (Lipinski definition) is 3. The Labute approximate surface area is 261 Å². The van der Waals surface area contributed by atoms with Gasteiger partial charge in [0.1, 0.15) is 15.8 Å². The predicted molar refractivity (Wildman–Crippen MR) is 156 cm³/mol. The first-order valence-electron chi connectivity index (χ1n) is 11.0. The molecular weight excluding hydrogens is 676 g/mol. The molecule has 1 saturated carbocycles. The monoisotopic (exact) mass is 687 g/mol. The van der Waals surface area contributed by atoms with Crippen LogP contribution in [-0.2, 0) is 9.59 Å². The highest BCUT2D eigenvalue weighted by Gasteiger charge is 2.67. The van der Waals surface area contributed by atoms with Gasteiger partial charge in [0.15, 0.2) is 10.7 Å². The number of anilines is 3. The van der Waals surface area contributed by atoms with Crippen LogP contribution in [0.3, 0.4) is 0 Å². The van der Waals surface area contributed by atoms with Gasteiger partial charge in [0.25, 0.3) is 11.8 Å². The Morgan fingerprint density at radius 1 is 0.825 bits per heavy atom. The summed E-state index contributed by atoms with van der Waals surface area (Å²) in [7, 11) is 0. The standard InChI is InChI=1S/C25H14Cl7F2N3O3/c26-12-4-2-10(35-23(39)18-17(25(18,31)32)9-1-3-13(27)14(28)7-9)8-11(12)22(38)36-16-6-5-15(33)20(19(16)34)37-24(40)21(29)30/h1-8,17-18,21H,(H,35,39)(H,36,38)(H,37,40)/t17-,18+/m0/s1. The lowest BCUT2D eigenvalue weighted by Crippen LogP contribution is -2.21. The fourth-order valence-corrected chi connectivity index (χ4v) is 5.35. The lowest BCUT2D eigenvalue weighted by Gasteiger charge is -2.13. The summed E-state index contributed by atoms with van der Waals surface area (Å²) in [4.78, 5) is 36.1. The maximum atomic E-state index is 14.9. The SMILES string of the molecule is O=C(Nc1ccc(F)c(NC(=O)C(Cl)Cl)c1F)c1cc(NC(=O)[C@H]2[C@H](c3ccc(Cl)c(Cl)c3)C2(Cl)Cl)ccc1Cl. The summed E-state index contributed by atoms with van der Waals surface area (Å²) in [5, 5.41) is 7.34. The van der Waals surface area contributed by atoms with Gasteiger partial charge in [-0.25, -0.2) is 8.78 Å². The number of alkyl halides is 4. The Hall–Kier alpha value is -2.04. The molecule has 1 aliphatic rings. The van der Waals surface area contributed by atoms with Crippen LogP contribution >= 0.6 is 81.2 Å². The maximum absolute atomic E-state index is 14.9. The molecule has 6 nitrogen and oxygen atoms in total. The lowest BCUT2D eigenvalue weighted by atomic mass is 10.1. The first kappa shape index (κ1) is 30.9. The Kier molecular flexibility index (Phi) is 9.32. The molecule has 15 heteroatoms. The average molecular weight is 691 g/mol. The Morgan fingerprint density at radius 3 is 2.15 bits per heavy atom. The van der Waals surface area contributed by atoms with Gasteiger partial charge in [-0.15, -0.1) is 23.2 Å². The fraction of sp³-hybridized carbons (Fsp3) is 0.160. The Morgan fingerprint density at radius 2 is 1.50 bits per heavy atom. The van der Waals surface area contributed by atoms with E-state index in [4.69, 9.17) is 81.2 Å². The number of carbonyl (C=O) groups is 3. The molecule has 0 spiro atoms. The molecule has 3 aromatic carbocycles. The zero-order chi connectivity index (χ0) is 29.5. The van der Waals surface area contributed by atoms with E-state index in [1.807, 2.05) is 5.32 Å². The van der Waals surface area contributed by atoms with Crippen molar-refractivity contribution in [2.45, 2.75) is 15.1 Å². The first-order valence-corrected chi connectivity index (χ1v) is 13.8. The third-order valence-electron chi connectivity index (χ3n) is 5.90. The molecule has 3 amide bonds. The van der Waals surface area contributed by atoms with Crippen LogP contribution in [0.2, 0.25) is 15.1 Å². The molecule has 0 aliphatic heterocycles. The number of rotatable bonds is 7. The highest BCUT2D eigenvalue weighted by atomic mass is 35.5. The number of carbonyl (C=O) groups excluding carboxylic acids is 3. The zero-order valence-electron chi connectivity index (χ0n) is 19.5. The van der Waals surface area contributed by atoms with Gasteiger partial charge in [0.05, 0.1) is 32.2 Å². The van der Waals surface area contributed by atoms with Crippen molar-refractivity contribution >= 4 is 116 Å². The van der Waals surface area contributed by atoms with Gasteiger partial charge in [-0.2, -0.15) is 0 Å². The van der Waals surface area contributed by atoms with Crippen LogP contribution in [-0.4, -0.2) is 26.9 Å². The number of amides is 3. The van der Waals surface area contributed by atoms with Crippen molar-refractivity contribution in [1.82, 2.24) is 0 Å². The molecule has 0 aromatic heterocycles. The van der Waals surface area contributed by atoms with Crippen LogP contribution in [0.25, 0.3) is 0 Å². The van der Waals surface area contributed by atoms with Crippen LogP contribution in [0.4, 0.5) is 25.8 Å². The smallest absolute Gasteiger partial charge is 0.257 e. The van der Waals surface area contributed by atoms with Gasteiger partial charge in [0, 0.05) is 11.6 Å². The number of halogens is 9. The predicted octanol–water partition coefficient (Wildman–Crippen LogP) is 8.45. The van der Waals surface area contributed by atoms with Crippen molar-refractivity contribution in [1.29, 1.82) is 0 Å². The quantitative estimate of drug-likeness (QED) is 0.218. The fourth-order valence-electron chi connectivity index (χ4n) is 3.90. The second-order valence-electron chi connectivity index (χ2n) is 8.52. The highest BCUT2D eigenvalue weighted by molar-refractivity contribution is 6.54. The van der Waals surface area contributed by atoms with Gasteiger partial charge in [0.2, 0.25) is 5.91 Å². The summed E-state index contributed by atoms with van der Waals surface area (Å²) < 4.78 is 27.6. The molecule has 0 bridgehead atoms. The van der Waals surface area contributed by atoms with Crippen molar-refractivity contribution < 1.29 is 23.2 Å². The van der Waals surface area contributed by atoms with Crippen LogP contribution in [0.15, 0.2) is 48.5 Å². The minimum Gasteiger partial charge on any atom is -0.326 e. The van der Waals surface area contributed by atoms with Gasteiger partial charge in [-0.3, -0.25) is 14.4 Å². The maximum Gasteiger partial charge on any atom is 0.257 e. The van der Waals surface area contributed by atoms with Crippen molar-refractivity contribution in [2.24, 2.45) is 5.92 Å². The summed E-state index contributed by atoms with van der Waals surface area (Å²) in [5.41, 5.74) is -0.737. The molecule has 0 saturated heterocycles. The number of nitrogens with one attached hydrogen (secondary N) is 3. The van der Waals surface area contributed by atoms with Crippen LogP contribution in [0.1, 0.15) is 21.8 Å². The van der Waals surface area contributed by atoms with E-state index in [9.17, 15) is 23.2 Å². The van der Waals surface area contributed by atoms with Gasteiger partial charge >= 0.3 is 0 Å². The molecule has 4 rings (SSSR count). The molecule has 1 fully saturated rings. The van der Waals surface area contributed by atoms with Crippen LogP contribution < -0.4 is 16.0 Å². The first-order chi connectivity index (χ1) is 18.7. The topological polar surface area (TPSA) is 87.3 Å². The van der Waals surface area contributed by atoms with E-state index in [-0.39, 0.29) is 21.3 Å². The second kappa shape index (κ2) is 12.1. The van der Waals surface area contributed by atoms with Gasteiger partial charge in [-0.05, 0) is 48.0 Å². The van der Waals surface area contributed by atoms with Gasteiger partial charge in [-0.1, -0.05) is 64.1 Å². The number of hydrogen-bond donors (Lipinski definition) is 3. The Balaban J connectivity index is 1.51. The molecule has 3 N–H and O–H groups in total. The third-order valence-corrected chi connectivity index (χ3v) is 8.31. The van der Waals surface area contributed by atoms with Crippen molar-refractivity contribution in [3.05, 3.63) is 86.4 Å². The van der Waals surface area contributed by atoms with E-state index < -0.39 is 61.7 Å². The molecular formula is C25H14Cl7F2N3O3. The highest BCUT2D eigenvalue weighted by Crippen LogP contribution is 2.65. The molecule has 40 heavy (non-hydrogen) atoms. The van der Waals surface area contributed by atoms with Gasteiger partial charge < -0.3 is 16.0 Å². The van der Waals surface area contributed by atoms with Crippen molar-refractivity contribution in [3.63, 3.8) is 0 Å².